The molecule has 0 bridgehead atoms. The summed E-state index contributed by atoms with van der Waals surface area (Å²) in [4.78, 5) is 36.8. The quantitative estimate of drug-likeness (QED) is 0.443. The summed E-state index contributed by atoms with van der Waals surface area (Å²) in [6, 6.07) is 14.1. The van der Waals surface area contributed by atoms with Crippen molar-refractivity contribution in [2.24, 2.45) is 0 Å². The molecule has 0 radical (unpaired) electrons. The average Bonchev–Trinajstić information content (AvgIpc) is 3.07. The summed E-state index contributed by atoms with van der Waals surface area (Å²) in [5, 5.41) is 0.418. The van der Waals surface area contributed by atoms with Crippen LogP contribution >= 0.6 is 15.9 Å². The van der Waals surface area contributed by atoms with Gasteiger partial charge in [0.15, 0.2) is 5.43 Å². The van der Waals surface area contributed by atoms with E-state index in [1.54, 1.807) is 36.7 Å². The molecule has 1 aliphatic rings. The number of benzene rings is 2. The predicted octanol–water partition coefficient (Wildman–Crippen LogP) is 4.66. The first-order valence-corrected chi connectivity index (χ1v) is 10.3. The molecule has 0 aliphatic carbocycles. The normalized spacial score (nSPS) is 15.6. The highest BCUT2D eigenvalue weighted by atomic mass is 79.9. The molecule has 2 aromatic heterocycles. The van der Waals surface area contributed by atoms with Crippen molar-refractivity contribution < 1.29 is 9.21 Å². The number of aromatic nitrogens is 2. The third-order valence-corrected chi connectivity index (χ3v) is 5.80. The number of aryl methyl sites for hydroxylation is 1. The number of fused-ring (bicyclic) bond motifs is 2. The minimum atomic E-state index is -0.666. The molecule has 5 rings (SSSR count). The molecular weight excluding hydrogens is 446 g/mol. The second-order valence-electron chi connectivity index (χ2n) is 7.04. The highest BCUT2D eigenvalue weighted by Gasteiger charge is 2.44. The fourth-order valence-electron chi connectivity index (χ4n) is 3.82. The number of hydrogen-bond acceptors (Lipinski definition) is 5. The van der Waals surface area contributed by atoms with Gasteiger partial charge in [-0.05, 0) is 41.8 Å². The lowest BCUT2D eigenvalue weighted by Crippen LogP contribution is -2.31. The summed E-state index contributed by atoms with van der Waals surface area (Å²) < 4.78 is 6.70. The zero-order chi connectivity index (χ0) is 20.8. The van der Waals surface area contributed by atoms with E-state index in [0.717, 1.165) is 16.5 Å². The highest BCUT2D eigenvalue weighted by Crippen LogP contribution is 2.40. The van der Waals surface area contributed by atoms with Gasteiger partial charge < -0.3 is 4.42 Å². The zero-order valence-electron chi connectivity index (χ0n) is 16.0. The Kier molecular flexibility index (Phi) is 4.47. The van der Waals surface area contributed by atoms with E-state index in [1.165, 1.54) is 10.5 Å². The van der Waals surface area contributed by atoms with Gasteiger partial charge in [0.25, 0.3) is 5.91 Å². The lowest BCUT2D eigenvalue weighted by molar-refractivity contribution is 0.0969. The van der Waals surface area contributed by atoms with E-state index < -0.39 is 11.9 Å². The van der Waals surface area contributed by atoms with Crippen LogP contribution in [0.5, 0.6) is 0 Å². The first-order valence-electron chi connectivity index (χ1n) is 9.54. The monoisotopic (exact) mass is 461 g/mol. The van der Waals surface area contributed by atoms with Crippen molar-refractivity contribution in [2.45, 2.75) is 19.4 Å². The van der Waals surface area contributed by atoms with Crippen LogP contribution in [-0.2, 0) is 6.42 Å². The van der Waals surface area contributed by atoms with E-state index in [9.17, 15) is 9.59 Å². The Morgan fingerprint density at radius 2 is 1.80 bits per heavy atom. The summed E-state index contributed by atoms with van der Waals surface area (Å²) in [5.41, 5.74) is 2.41. The summed E-state index contributed by atoms with van der Waals surface area (Å²) in [6.45, 7) is 2.08. The van der Waals surface area contributed by atoms with Crippen molar-refractivity contribution in [3.05, 3.63) is 98.1 Å². The van der Waals surface area contributed by atoms with E-state index in [4.69, 9.17) is 4.42 Å². The maximum atomic E-state index is 13.5. The predicted molar refractivity (Wildman–Crippen MR) is 117 cm³/mol. The molecule has 1 amide bonds. The van der Waals surface area contributed by atoms with Crippen molar-refractivity contribution in [1.29, 1.82) is 0 Å². The van der Waals surface area contributed by atoms with Crippen LogP contribution in [-0.4, -0.2) is 15.9 Å². The van der Waals surface area contributed by atoms with Crippen molar-refractivity contribution in [2.75, 3.05) is 4.90 Å². The van der Waals surface area contributed by atoms with Crippen LogP contribution < -0.4 is 10.3 Å². The molecule has 2 aromatic carbocycles. The number of carbonyl (C=O) groups is 1. The van der Waals surface area contributed by atoms with E-state index in [2.05, 4.69) is 32.8 Å². The van der Waals surface area contributed by atoms with Gasteiger partial charge in [0.2, 0.25) is 11.7 Å². The molecule has 7 heteroatoms. The lowest BCUT2D eigenvalue weighted by atomic mass is 9.97. The molecule has 0 saturated carbocycles. The van der Waals surface area contributed by atoms with Gasteiger partial charge in [0.1, 0.15) is 5.58 Å². The van der Waals surface area contributed by atoms with Crippen LogP contribution in [0.2, 0.25) is 0 Å². The van der Waals surface area contributed by atoms with Crippen LogP contribution in [0.3, 0.4) is 0 Å². The van der Waals surface area contributed by atoms with Gasteiger partial charge >= 0.3 is 0 Å². The van der Waals surface area contributed by atoms with Gasteiger partial charge in [-0.1, -0.05) is 47.1 Å². The molecule has 1 aliphatic heterocycles. The van der Waals surface area contributed by atoms with Crippen LogP contribution in [0.15, 0.2) is 74.6 Å². The van der Waals surface area contributed by atoms with E-state index >= 15 is 0 Å². The average molecular weight is 462 g/mol. The second kappa shape index (κ2) is 7.18. The molecule has 0 fully saturated rings. The fraction of sp³-hybridized carbons (Fsp3) is 0.130. The van der Waals surface area contributed by atoms with Gasteiger partial charge in [0.05, 0.1) is 17.0 Å². The smallest absolute Gasteiger partial charge is 0.297 e. The Labute approximate surface area is 180 Å². The Bertz CT molecular complexity index is 1330. The summed E-state index contributed by atoms with van der Waals surface area (Å²) in [5.74, 6) is -0.169. The van der Waals surface area contributed by atoms with Crippen LogP contribution in [0.1, 0.15) is 40.2 Å². The maximum Gasteiger partial charge on any atom is 0.297 e. The number of anilines is 1. The van der Waals surface area contributed by atoms with Crippen molar-refractivity contribution >= 4 is 38.8 Å². The molecule has 4 aromatic rings. The van der Waals surface area contributed by atoms with Crippen molar-refractivity contribution in [1.82, 2.24) is 9.97 Å². The standard InChI is InChI=1S/C23H16BrN3O3/c1-2-13-4-6-14(7-5-13)19-18-20(28)16-12-15(24)8-9-17(16)30-21(18)22(29)27(19)23-25-10-3-11-26-23/h3-12,19H,2H2,1H3. The number of carbonyl (C=O) groups excluding carboxylic acids is 1. The number of halogens is 1. The molecule has 0 spiro atoms. The van der Waals surface area contributed by atoms with Gasteiger partial charge in [0, 0.05) is 16.9 Å². The van der Waals surface area contributed by atoms with Crippen LogP contribution in [0.25, 0.3) is 11.0 Å². The first-order chi connectivity index (χ1) is 14.6. The third kappa shape index (κ3) is 2.85. The summed E-state index contributed by atoms with van der Waals surface area (Å²) in [7, 11) is 0. The van der Waals surface area contributed by atoms with Gasteiger partial charge in [-0.25, -0.2) is 9.97 Å². The maximum absolute atomic E-state index is 13.5. The highest BCUT2D eigenvalue weighted by molar-refractivity contribution is 9.10. The summed E-state index contributed by atoms with van der Waals surface area (Å²) in [6.07, 6.45) is 4.03. The molecule has 30 heavy (non-hydrogen) atoms. The molecule has 1 atom stereocenters. The van der Waals surface area contributed by atoms with E-state index in [0.29, 0.717) is 16.5 Å². The Balaban J connectivity index is 1.80. The minimum Gasteiger partial charge on any atom is -0.450 e. The largest absolute Gasteiger partial charge is 0.450 e. The topological polar surface area (TPSA) is 76.3 Å². The van der Waals surface area contributed by atoms with E-state index in [-0.39, 0.29) is 17.1 Å². The van der Waals surface area contributed by atoms with Crippen LogP contribution in [0, 0.1) is 0 Å². The Hall–Kier alpha value is -3.32. The van der Waals surface area contributed by atoms with E-state index in [1.807, 2.05) is 24.3 Å². The molecule has 148 valence electrons. The van der Waals surface area contributed by atoms with Crippen molar-refractivity contribution in [3.8, 4) is 0 Å². The fourth-order valence-corrected chi connectivity index (χ4v) is 4.18. The number of amides is 1. The zero-order valence-corrected chi connectivity index (χ0v) is 17.6. The van der Waals surface area contributed by atoms with Gasteiger partial charge in [-0.15, -0.1) is 0 Å². The second-order valence-corrected chi connectivity index (χ2v) is 7.95. The number of hydrogen-bond donors (Lipinski definition) is 0. The van der Waals surface area contributed by atoms with Gasteiger partial charge in [-0.2, -0.15) is 0 Å². The Morgan fingerprint density at radius 1 is 1.07 bits per heavy atom. The van der Waals surface area contributed by atoms with Gasteiger partial charge in [-0.3, -0.25) is 14.5 Å². The minimum absolute atomic E-state index is 0.0341. The van der Waals surface area contributed by atoms with Crippen LogP contribution in [0.4, 0.5) is 5.95 Å². The third-order valence-electron chi connectivity index (χ3n) is 5.30. The molecule has 0 N–H and O–H groups in total. The number of nitrogens with zero attached hydrogens (tertiary/aromatic N) is 3. The molecular formula is C23H16BrN3O3. The SMILES string of the molecule is CCc1ccc(C2c3c(oc4ccc(Br)cc4c3=O)C(=O)N2c2ncccn2)cc1. The molecule has 1 unspecified atom stereocenters. The van der Waals surface area contributed by atoms with Crippen molar-refractivity contribution in [3.63, 3.8) is 0 Å². The molecule has 3 heterocycles. The molecule has 0 saturated heterocycles. The Morgan fingerprint density at radius 3 is 2.50 bits per heavy atom. The molecule has 6 nitrogen and oxygen atoms in total. The number of rotatable bonds is 3. The summed E-state index contributed by atoms with van der Waals surface area (Å²) >= 11 is 3.41. The first kappa shape index (κ1) is 18.7. The lowest BCUT2D eigenvalue weighted by Gasteiger charge is -2.23.